The Bertz CT molecular complexity index is 929. The van der Waals surface area contributed by atoms with Gasteiger partial charge in [0.15, 0.2) is 6.10 Å². The second-order valence-corrected chi connectivity index (χ2v) is 6.69. The van der Waals surface area contributed by atoms with Crippen molar-refractivity contribution in [2.75, 3.05) is 19.7 Å². The van der Waals surface area contributed by atoms with Gasteiger partial charge in [-0.05, 0) is 23.8 Å². The number of benzene rings is 1. The van der Waals surface area contributed by atoms with E-state index in [9.17, 15) is 4.79 Å². The summed E-state index contributed by atoms with van der Waals surface area (Å²) in [5.41, 5.74) is 1.58. The average molecular weight is 384 g/mol. The van der Waals surface area contributed by atoms with Gasteiger partial charge in [-0.1, -0.05) is 29.8 Å². The number of pyridine rings is 1. The molecule has 6 nitrogen and oxygen atoms in total. The first-order valence-corrected chi connectivity index (χ1v) is 9.07. The van der Waals surface area contributed by atoms with Gasteiger partial charge in [0.05, 0.1) is 19.3 Å². The minimum atomic E-state index is -0.385. The van der Waals surface area contributed by atoms with Crippen LogP contribution in [0.2, 0.25) is 5.02 Å². The van der Waals surface area contributed by atoms with Gasteiger partial charge in [-0.25, -0.2) is 4.98 Å². The molecule has 0 aliphatic carbocycles. The lowest BCUT2D eigenvalue weighted by atomic mass is 10.1. The topological polar surface area (TPSA) is 68.5 Å². The molecule has 0 bridgehead atoms. The molecule has 0 unspecified atom stereocenters. The van der Waals surface area contributed by atoms with Crippen LogP contribution >= 0.6 is 11.6 Å². The Hall–Kier alpha value is -2.70. The zero-order chi connectivity index (χ0) is 18.6. The number of amides is 1. The summed E-state index contributed by atoms with van der Waals surface area (Å²) < 4.78 is 11.7. The molecule has 0 spiro atoms. The second kappa shape index (κ2) is 7.90. The smallest absolute Gasteiger partial charge is 0.254 e. The van der Waals surface area contributed by atoms with Gasteiger partial charge in [0, 0.05) is 35.9 Å². The Morgan fingerprint density at radius 1 is 1.22 bits per heavy atom. The number of morpholine rings is 1. The number of hydrogen-bond donors (Lipinski definition) is 0. The summed E-state index contributed by atoms with van der Waals surface area (Å²) in [4.78, 5) is 22.7. The maximum Gasteiger partial charge on any atom is 0.254 e. The van der Waals surface area contributed by atoms with Crippen LogP contribution in [0.15, 0.2) is 59.4 Å². The molecule has 4 rings (SSSR count). The fraction of sp³-hybridized carbons (Fsp3) is 0.250. The lowest BCUT2D eigenvalue weighted by Crippen LogP contribution is -2.42. The number of halogens is 1. The van der Waals surface area contributed by atoms with E-state index >= 15 is 0 Å². The van der Waals surface area contributed by atoms with E-state index in [1.165, 1.54) is 0 Å². The molecule has 0 saturated carbocycles. The quantitative estimate of drug-likeness (QED) is 0.689. The van der Waals surface area contributed by atoms with E-state index in [0.717, 1.165) is 5.56 Å². The Kier molecular flexibility index (Phi) is 5.18. The number of rotatable bonds is 4. The molecule has 27 heavy (non-hydrogen) atoms. The van der Waals surface area contributed by atoms with Crippen molar-refractivity contribution in [2.45, 2.75) is 12.5 Å². The molecule has 1 aliphatic heterocycles. The highest BCUT2D eigenvalue weighted by atomic mass is 35.5. The number of oxazole rings is 1. The van der Waals surface area contributed by atoms with Crippen molar-refractivity contribution in [1.82, 2.24) is 14.9 Å². The van der Waals surface area contributed by atoms with E-state index in [1.54, 1.807) is 35.6 Å². The van der Waals surface area contributed by atoms with E-state index in [1.807, 2.05) is 24.3 Å². The minimum absolute atomic E-state index is 0.0476. The van der Waals surface area contributed by atoms with Crippen molar-refractivity contribution in [3.63, 3.8) is 0 Å². The van der Waals surface area contributed by atoms with Crippen molar-refractivity contribution in [2.24, 2.45) is 0 Å². The third kappa shape index (κ3) is 4.02. The second-order valence-electron chi connectivity index (χ2n) is 6.28. The van der Waals surface area contributed by atoms with Gasteiger partial charge in [-0.2, -0.15) is 0 Å². The van der Waals surface area contributed by atoms with E-state index in [4.69, 9.17) is 20.8 Å². The van der Waals surface area contributed by atoms with E-state index in [2.05, 4.69) is 9.97 Å². The highest BCUT2D eigenvalue weighted by Gasteiger charge is 2.29. The average Bonchev–Trinajstić information content (AvgIpc) is 3.19. The zero-order valence-corrected chi connectivity index (χ0v) is 15.3. The van der Waals surface area contributed by atoms with Crippen molar-refractivity contribution in [3.05, 3.63) is 82.8 Å². The Labute approximate surface area is 161 Å². The Morgan fingerprint density at radius 3 is 2.85 bits per heavy atom. The Morgan fingerprint density at radius 2 is 2.04 bits per heavy atom. The molecular weight excluding hydrogens is 366 g/mol. The molecule has 1 saturated heterocycles. The maximum absolute atomic E-state index is 12.6. The van der Waals surface area contributed by atoms with Gasteiger partial charge in [0.2, 0.25) is 5.89 Å². The molecule has 7 heteroatoms. The fourth-order valence-electron chi connectivity index (χ4n) is 3.04. The van der Waals surface area contributed by atoms with Crippen LogP contribution in [-0.2, 0) is 11.2 Å². The van der Waals surface area contributed by atoms with Gasteiger partial charge < -0.3 is 14.1 Å². The lowest BCUT2D eigenvalue weighted by Gasteiger charge is -2.31. The predicted octanol–water partition coefficient (Wildman–Crippen LogP) is 3.53. The molecule has 2 aromatic heterocycles. The summed E-state index contributed by atoms with van der Waals surface area (Å²) in [5.74, 6) is 1.14. The van der Waals surface area contributed by atoms with Crippen LogP contribution in [0.3, 0.4) is 0 Å². The number of carbonyl (C=O) groups excluding carboxylic acids is 1. The molecule has 3 aromatic rings. The van der Waals surface area contributed by atoms with E-state index < -0.39 is 0 Å². The molecular formula is C20H18ClN3O3. The van der Waals surface area contributed by atoms with Gasteiger partial charge in [-0.3, -0.25) is 9.78 Å². The van der Waals surface area contributed by atoms with E-state index in [-0.39, 0.29) is 12.0 Å². The van der Waals surface area contributed by atoms with Crippen LogP contribution in [0.25, 0.3) is 0 Å². The standard InChI is InChI=1S/C20H18ClN3O3/c21-17-4-2-1-3-15(17)11-16-12-23-19(27-16)18-13-24(9-10-26-18)20(25)14-5-7-22-8-6-14/h1-8,12,18H,9-11,13H2/t18-/m1/s1. The third-order valence-corrected chi connectivity index (χ3v) is 4.82. The summed E-state index contributed by atoms with van der Waals surface area (Å²) in [7, 11) is 0. The summed E-state index contributed by atoms with van der Waals surface area (Å²) in [6, 6.07) is 11.0. The first-order valence-electron chi connectivity index (χ1n) is 8.69. The van der Waals surface area contributed by atoms with E-state index in [0.29, 0.717) is 48.4 Å². The van der Waals surface area contributed by atoms with Gasteiger partial charge >= 0.3 is 0 Å². The predicted molar refractivity (Wildman–Crippen MR) is 99.6 cm³/mol. The largest absolute Gasteiger partial charge is 0.442 e. The van der Waals surface area contributed by atoms with Crippen molar-refractivity contribution >= 4 is 17.5 Å². The van der Waals surface area contributed by atoms with Gasteiger partial charge in [-0.15, -0.1) is 0 Å². The molecule has 1 aromatic carbocycles. The summed E-state index contributed by atoms with van der Waals surface area (Å²) in [5, 5.41) is 0.693. The number of hydrogen-bond acceptors (Lipinski definition) is 5. The van der Waals surface area contributed by atoms with Crippen LogP contribution in [0.1, 0.15) is 33.7 Å². The molecule has 1 aliphatic rings. The van der Waals surface area contributed by atoms with Gasteiger partial charge in [0.1, 0.15) is 5.76 Å². The first-order chi connectivity index (χ1) is 13.2. The SMILES string of the molecule is O=C(c1ccncc1)N1CCO[C@@H](c2ncc(Cc3ccccc3Cl)o2)C1. The normalized spacial score (nSPS) is 17.1. The molecule has 1 amide bonds. The Balaban J connectivity index is 1.45. The van der Waals surface area contributed by atoms with Crippen LogP contribution in [0, 0.1) is 0 Å². The van der Waals surface area contributed by atoms with Crippen molar-refractivity contribution < 1.29 is 13.9 Å². The molecule has 0 N–H and O–H groups in total. The number of carbonyl (C=O) groups is 1. The van der Waals surface area contributed by atoms with Crippen LogP contribution in [0.5, 0.6) is 0 Å². The monoisotopic (exact) mass is 383 g/mol. The highest BCUT2D eigenvalue weighted by molar-refractivity contribution is 6.31. The number of aromatic nitrogens is 2. The van der Waals surface area contributed by atoms with Crippen molar-refractivity contribution in [1.29, 1.82) is 0 Å². The van der Waals surface area contributed by atoms with Crippen LogP contribution in [-0.4, -0.2) is 40.5 Å². The third-order valence-electron chi connectivity index (χ3n) is 4.45. The zero-order valence-electron chi connectivity index (χ0n) is 14.5. The first kappa shape index (κ1) is 17.7. The maximum atomic E-state index is 12.6. The van der Waals surface area contributed by atoms with Crippen molar-refractivity contribution in [3.8, 4) is 0 Å². The summed E-state index contributed by atoms with van der Waals surface area (Å²) >= 11 is 6.21. The van der Waals surface area contributed by atoms with Crippen LogP contribution in [0.4, 0.5) is 0 Å². The lowest BCUT2D eigenvalue weighted by molar-refractivity contribution is -0.0349. The van der Waals surface area contributed by atoms with Crippen LogP contribution < -0.4 is 0 Å². The molecule has 3 heterocycles. The summed E-state index contributed by atoms with van der Waals surface area (Å²) in [6.07, 6.45) is 5.08. The summed E-state index contributed by atoms with van der Waals surface area (Å²) in [6.45, 7) is 1.36. The molecule has 1 fully saturated rings. The molecule has 0 radical (unpaired) electrons. The number of ether oxygens (including phenoxy) is 1. The minimum Gasteiger partial charge on any atom is -0.442 e. The highest BCUT2D eigenvalue weighted by Crippen LogP contribution is 2.25. The van der Waals surface area contributed by atoms with Gasteiger partial charge in [0.25, 0.3) is 5.91 Å². The fourth-order valence-corrected chi connectivity index (χ4v) is 3.25. The number of nitrogens with zero attached hydrogens (tertiary/aromatic N) is 3. The molecule has 138 valence electrons. The molecule has 1 atom stereocenters.